The van der Waals surface area contributed by atoms with Crippen LogP contribution in [0.2, 0.25) is 0 Å². The highest BCUT2D eigenvalue weighted by atomic mass is 16.5. The zero-order valence-electron chi connectivity index (χ0n) is 14.8. The minimum Gasteiger partial charge on any atom is -0.492 e. The molecule has 0 unspecified atom stereocenters. The van der Waals surface area contributed by atoms with Crippen molar-refractivity contribution in [1.82, 2.24) is 5.32 Å². The molecule has 0 fully saturated rings. The first-order valence-corrected chi connectivity index (χ1v) is 8.16. The normalized spacial score (nSPS) is 11.7. The summed E-state index contributed by atoms with van der Waals surface area (Å²) in [4.78, 5) is 12.1. The average molecular weight is 327 g/mol. The second-order valence-corrected chi connectivity index (χ2v) is 6.04. The summed E-state index contributed by atoms with van der Waals surface area (Å²) in [6, 6.07) is 13.8. The topological polar surface area (TPSA) is 47.6 Å². The highest BCUT2D eigenvalue weighted by Gasteiger charge is 2.14. The molecule has 24 heavy (non-hydrogen) atoms. The molecule has 0 aliphatic rings. The smallest absolute Gasteiger partial charge is 0.260 e. The number of ether oxygens (including phenoxy) is 2. The monoisotopic (exact) mass is 327 g/mol. The fourth-order valence-electron chi connectivity index (χ4n) is 2.45. The summed E-state index contributed by atoms with van der Waals surface area (Å²) in [5.41, 5.74) is 3.38. The maximum absolute atomic E-state index is 12.1. The van der Waals surface area contributed by atoms with Gasteiger partial charge in [-0.25, -0.2) is 0 Å². The van der Waals surface area contributed by atoms with Gasteiger partial charge in [0.05, 0.1) is 6.54 Å². The fraction of sp³-hybridized carbons (Fsp3) is 0.350. The SMILES string of the molecule is Cc1cccc(OCCNC(=O)[C@H](C)Oc2cc(C)cc(C)c2)c1. The number of benzene rings is 2. The van der Waals surface area contributed by atoms with Gasteiger partial charge in [0.1, 0.15) is 18.1 Å². The van der Waals surface area contributed by atoms with E-state index in [9.17, 15) is 4.79 Å². The van der Waals surface area contributed by atoms with Crippen LogP contribution in [0.4, 0.5) is 0 Å². The Morgan fingerprint density at radius 3 is 2.33 bits per heavy atom. The minimum atomic E-state index is -0.551. The van der Waals surface area contributed by atoms with Crippen LogP contribution in [0, 0.1) is 20.8 Å². The van der Waals surface area contributed by atoms with Crippen LogP contribution in [0.25, 0.3) is 0 Å². The Balaban J connectivity index is 1.75. The standard InChI is InChI=1S/C20H25NO3/c1-14-6-5-7-18(11-14)23-9-8-21-20(22)17(4)24-19-12-15(2)10-16(3)13-19/h5-7,10-13,17H,8-9H2,1-4H3,(H,21,22)/t17-/m0/s1. The Morgan fingerprint density at radius 2 is 1.67 bits per heavy atom. The van der Waals surface area contributed by atoms with Crippen molar-refractivity contribution in [1.29, 1.82) is 0 Å². The maximum atomic E-state index is 12.1. The van der Waals surface area contributed by atoms with Gasteiger partial charge in [0.15, 0.2) is 6.10 Å². The Labute approximate surface area is 143 Å². The van der Waals surface area contributed by atoms with Gasteiger partial charge in [-0.2, -0.15) is 0 Å². The summed E-state index contributed by atoms with van der Waals surface area (Å²) in [6.45, 7) is 8.63. The Bertz CT molecular complexity index is 677. The number of aryl methyl sites for hydroxylation is 3. The van der Waals surface area contributed by atoms with E-state index < -0.39 is 6.10 Å². The molecular formula is C20H25NO3. The van der Waals surface area contributed by atoms with Gasteiger partial charge in [-0.1, -0.05) is 18.2 Å². The minimum absolute atomic E-state index is 0.151. The molecule has 0 saturated heterocycles. The molecule has 2 rings (SSSR count). The van der Waals surface area contributed by atoms with Crippen LogP contribution in [-0.2, 0) is 4.79 Å². The number of hydrogen-bond donors (Lipinski definition) is 1. The van der Waals surface area contributed by atoms with Crippen molar-refractivity contribution in [3.8, 4) is 11.5 Å². The van der Waals surface area contributed by atoms with E-state index >= 15 is 0 Å². The van der Waals surface area contributed by atoms with Gasteiger partial charge >= 0.3 is 0 Å². The van der Waals surface area contributed by atoms with Crippen LogP contribution < -0.4 is 14.8 Å². The molecule has 4 nitrogen and oxygen atoms in total. The molecular weight excluding hydrogens is 302 g/mol. The number of rotatable bonds is 7. The largest absolute Gasteiger partial charge is 0.492 e. The van der Waals surface area contributed by atoms with E-state index in [1.54, 1.807) is 6.92 Å². The highest BCUT2D eigenvalue weighted by Crippen LogP contribution is 2.17. The second kappa shape index (κ2) is 8.39. The van der Waals surface area contributed by atoms with Crippen LogP contribution in [-0.4, -0.2) is 25.2 Å². The molecule has 0 saturated carbocycles. The summed E-state index contributed by atoms with van der Waals surface area (Å²) in [6.07, 6.45) is -0.551. The Hall–Kier alpha value is -2.49. The molecule has 0 aromatic heterocycles. The van der Waals surface area contributed by atoms with Crippen molar-refractivity contribution >= 4 is 5.91 Å². The van der Waals surface area contributed by atoms with Crippen LogP contribution in [0.1, 0.15) is 23.6 Å². The third kappa shape index (κ3) is 5.61. The number of nitrogens with one attached hydrogen (secondary N) is 1. The van der Waals surface area contributed by atoms with E-state index in [1.165, 1.54) is 0 Å². The van der Waals surface area contributed by atoms with Gasteiger partial charge in [0.25, 0.3) is 5.91 Å². The molecule has 0 bridgehead atoms. The molecule has 4 heteroatoms. The first-order chi connectivity index (χ1) is 11.4. The quantitative estimate of drug-likeness (QED) is 0.791. The predicted molar refractivity (Wildman–Crippen MR) is 95.7 cm³/mol. The molecule has 128 valence electrons. The van der Waals surface area contributed by atoms with Gasteiger partial charge in [-0.05, 0) is 68.7 Å². The highest BCUT2D eigenvalue weighted by molar-refractivity contribution is 5.80. The van der Waals surface area contributed by atoms with E-state index in [2.05, 4.69) is 11.4 Å². The van der Waals surface area contributed by atoms with Gasteiger partial charge in [0, 0.05) is 0 Å². The number of carbonyl (C=O) groups is 1. The van der Waals surface area contributed by atoms with Crippen LogP contribution in [0.5, 0.6) is 11.5 Å². The van der Waals surface area contributed by atoms with E-state index in [0.717, 1.165) is 22.4 Å². The van der Waals surface area contributed by atoms with Crippen LogP contribution in [0.3, 0.4) is 0 Å². The van der Waals surface area contributed by atoms with Crippen LogP contribution >= 0.6 is 0 Å². The summed E-state index contributed by atoms with van der Waals surface area (Å²) in [5.74, 6) is 1.37. The zero-order chi connectivity index (χ0) is 17.5. The van der Waals surface area contributed by atoms with E-state index in [1.807, 2.05) is 57.2 Å². The van der Waals surface area contributed by atoms with Crippen molar-refractivity contribution < 1.29 is 14.3 Å². The van der Waals surface area contributed by atoms with Crippen molar-refractivity contribution in [2.45, 2.75) is 33.8 Å². The first-order valence-electron chi connectivity index (χ1n) is 8.16. The lowest BCUT2D eigenvalue weighted by atomic mass is 10.1. The van der Waals surface area contributed by atoms with Crippen molar-refractivity contribution in [2.75, 3.05) is 13.2 Å². The Morgan fingerprint density at radius 1 is 1.00 bits per heavy atom. The second-order valence-electron chi connectivity index (χ2n) is 6.04. The summed E-state index contributed by atoms with van der Waals surface area (Å²) in [7, 11) is 0. The summed E-state index contributed by atoms with van der Waals surface area (Å²) in [5, 5.41) is 2.83. The lowest BCUT2D eigenvalue weighted by molar-refractivity contribution is -0.127. The molecule has 1 amide bonds. The number of amides is 1. The molecule has 0 spiro atoms. The molecule has 1 atom stereocenters. The molecule has 2 aromatic carbocycles. The molecule has 0 aliphatic carbocycles. The molecule has 2 aromatic rings. The van der Waals surface area contributed by atoms with Crippen molar-refractivity contribution in [3.63, 3.8) is 0 Å². The van der Waals surface area contributed by atoms with E-state index in [0.29, 0.717) is 18.9 Å². The summed E-state index contributed by atoms with van der Waals surface area (Å²) >= 11 is 0. The molecule has 0 radical (unpaired) electrons. The van der Waals surface area contributed by atoms with Gasteiger partial charge in [-0.15, -0.1) is 0 Å². The predicted octanol–water partition coefficient (Wildman–Crippen LogP) is 3.57. The average Bonchev–Trinajstić information content (AvgIpc) is 2.50. The zero-order valence-corrected chi connectivity index (χ0v) is 14.8. The molecule has 0 heterocycles. The lowest BCUT2D eigenvalue weighted by Gasteiger charge is -2.16. The number of hydrogen-bond acceptors (Lipinski definition) is 3. The van der Waals surface area contributed by atoms with Gasteiger partial charge in [0.2, 0.25) is 0 Å². The lowest BCUT2D eigenvalue weighted by Crippen LogP contribution is -2.38. The summed E-state index contributed by atoms with van der Waals surface area (Å²) < 4.78 is 11.3. The van der Waals surface area contributed by atoms with Gasteiger partial charge in [-0.3, -0.25) is 4.79 Å². The number of carbonyl (C=O) groups excluding carboxylic acids is 1. The third-order valence-electron chi connectivity index (χ3n) is 3.54. The fourth-order valence-corrected chi connectivity index (χ4v) is 2.45. The van der Waals surface area contributed by atoms with Crippen molar-refractivity contribution in [3.05, 3.63) is 59.2 Å². The first kappa shape index (κ1) is 17.9. The van der Waals surface area contributed by atoms with E-state index in [-0.39, 0.29) is 5.91 Å². The van der Waals surface area contributed by atoms with E-state index in [4.69, 9.17) is 9.47 Å². The van der Waals surface area contributed by atoms with Gasteiger partial charge < -0.3 is 14.8 Å². The Kier molecular flexibility index (Phi) is 6.24. The van der Waals surface area contributed by atoms with Crippen molar-refractivity contribution in [2.24, 2.45) is 0 Å². The maximum Gasteiger partial charge on any atom is 0.260 e. The van der Waals surface area contributed by atoms with Crippen LogP contribution in [0.15, 0.2) is 42.5 Å². The third-order valence-corrected chi connectivity index (χ3v) is 3.54. The molecule has 0 aliphatic heterocycles. The molecule has 1 N–H and O–H groups in total.